The van der Waals surface area contributed by atoms with Gasteiger partial charge < -0.3 is 9.32 Å². The first-order valence-corrected chi connectivity index (χ1v) is 9.51. The number of para-hydroxylation sites is 2. The first-order chi connectivity index (χ1) is 14.0. The van der Waals surface area contributed by atoms with Gasteiger partial charge in [-0.05, 0) is 43.7 Å². The van der Waals surface area contributed by atoms with Crippen molar-refractivity contribution in [3.05, 3.63) is 59.6 Å². The highest BCUT2D eigenvalue weighted by Crippen LogP contribution is 2.33. The quantitative estimate of drug-likeness (QED) is 0.485. The van der Waals surface area contributed by atoms with Crippen LogP contribution in [-0.4, -0.2) is 36.0 Å². The van der Waals surface area contributed by atoms with Crippen LogP contribution in [0.3, 0.4) is 0 Å². The van der Waals surface area contributed by atoms with E-state index in [1.54, 1.807) is 17.9 Å². The minimum atomic E-state index is -0.362. The second-order valence-corrected chi connectivity index (χ2v) is 7.29. The fourth-order valence-electron chi connectivity index (χ4n) is 3.81. The number of carbonyl (C=O) groups excluding carboxylic acids is 1. The van der Waals surface area contributed by atoms with Gasteiger partial charge >= 0.3 is 0 Å². The van der Waals surface area contributed by atoms with Gasteiger partial charge in [-0.2, -0.15) is 0 Å². The lowest BCUT2D eigenvalue weighted by Gasteiger charge is -2.22. The molecular formula is C22H19FN4O2. The predicted octanol–water partition coefficient (Wildman–Crippen LogP) is 4.31. The molecule has 0 fully saturated rings. The van der Waals surface area contributed by atoms with Crippen LogP contribution in [0, 0.1) is 12.7 Å². The van der Waals surface area contributed by atoms with Crippen molar-refractivity contribution in [3.8, 4) is 0 Å². The molecule has 0 saturated heterocycles. The molecule has 0 unspecified atom stereocenters. The third-order valence-corrected chi connectivity index (χ3v) is 5.36. The zero-order chi connectivity index (χ0) is 20.1. The Kier molecular flexibility index (Phi) is 3.97. The average molecular weight is 390 g/mol. The third kappa shape index (κ3) is 2.81. The lowest BCUT2D eigenvalue weighted by Crippen LogP contribution is -2.32. The van der Waals surface area contributed by atoms with Crippen LogP contribution >= 0.6 is 0 Å². The molecule has 7 heteroatoms. The molecular weight excluding hydrogens is 371 g/mol. The number of nitrogens with zero attached hydrogens (tertiary/aromatic N) is 4. The van der Waals surface area contributed by atoms with E-state index in [2.05, 4.69) is 0 Å². The number of furan rings is 1. The molecule has 0 saturated carbocycles. The minimum Gasteiger partial charge on any atom is -0.451 e. The van der Waals surface area contributed by atoms with Crippen molar-refractivity contribution in [1.29, 1.82) is 0 Å². The van der Waals surface area contributed by atoms with Gasteiger partial charge in [-0.3, -0.25) is 9.69 Å². The highest BCUT2D eigenvalue weighted by atomic mass is 19.1. The van der Waals surface area contributed by atoms with Gasteiger partial charge in [0.25, 0.3) is 5.91 Å². The van der Waals surface area contributed by atoms with E-state index in [4.69, 9.17) is 14.4 Å². The van der Waals surface area contributed by atoms with E-state index >= 15 is 0 Å². The lowest BCUT2D eigenvalue weighted by molar-refractivity contribution is 0.0961. The summed E-state index contributed by atoms with van der Waals surface area (Å²) in [6.45, 7) is 3.03. The maximum absolute atomic E-state index is 13.7. The second kappa shape index (κ2) is 6.55. The molecule has 6 nitrogen and oxygen atoms in total. The number of amides is 1. The van der Waals surface area contributed by atoms with Gasteiger partial charge in [0.2, 0.25) is 0 Å². The number of halogens is 1. The Morgan fingerprint density at radius 2 is 1.79 bits per heavy atom. The highest BCUT2D eigenvalue weighted by Gasteiger charge is 2.30. The van der Waals surface area contributed by atoms with Crippen molar-refractivity contribution in [3.63, 3.8) is 0 Å². The summed E-state index contributed by atoms with van der Waals surface area (Å²) in [4.78, 5) is 26.6. The van der Waals surface area contributed by atoms with Crippen LogP contribution in [0.4, 0.5) is 16.0 Å². The molecule has 1 aliphatic heterocycles. The van der Waals surface area contributed by atoms with E-state index in [-0.39, 0.29) is 17.5 Å². The largest absolute Gasteiger partial charge is 0.451 e. The van der Waals surface area contributed by atoms with E-state index in [0.717, 1.165) is 24.0 Å². The van der Waals surface area contributed by atoms with Crippen LogP contribution in [0.1, 0.15) is 22.5 Å². The van der Waals surface area contributed by atoms with Crippen LogP contribution in [0.5, 0.6) is 0 Å². The zero-order valence-corrected chi connectivity index (χ0v) is 16.1. The van der Waals surface area contributed by atoms with Crippen LogP contribution in [0.25, 0.3) is 22.0 Å². The number of fused-ring (bicyclic) bond motifs is 3. The number of benzene rings is 2. The Hall–Kier alpha value is -3.48. The molecule has 0 aliphatic carbocycles. The van der Waals surface area contributed by atoms with Crippen molar-refractivity contribution in [2.24, 2.45) is 0 Å². The first-order valence-electron chi connectivity index (χ1n) is 9.51. The van der Waals surface area contributed by atoms with E-state index in [9.17, 15) is 9.18 Å². The summed E-state index contributed by atoms with van der Waals surface area (Å²) in [5.74, 6) is 0.727. The molecule has 1 amide bonds. The molecule has 0 bridgehead atoms. The van der Waals surface area contributed by atoms with Gasteiger partial charge in [-0.1, -0.05) is 12.1 Å². The maximum atomic E-state index is 13.7. The Morgan fingerprint density at radius 3 is 2.55 bits per heavy atom. The Bertz CT molecular complexity index is 1270. The number of carbonyl (C=O) groups is 1. The summed E-state index contributed by atoms with van der Waals surface area (Å²) >= 11 is 0. The summed E-state index contributed by atoms with van der Waals surface area (Å²) in [6.07, 6.45) is 0.768. The Balaban J connectivity index is 1.66. The van der Waals surface area contributed by atoms with Gasteiger partial charge in [0, 0.05) is 31.1 Å². The fraction of sp³-hybridized carbons (Fsp3) is 0.227. The Morgan fingerprint density at radius 1 is 1.07 bits per heavy atom. The Labute approximate surface area is 166 Å². The number of rotatable bonds is 1. The van der Waals surface area contributed by atoms with Crippen molar-refractivity contribution < 1.29 is 13.6 Å². The highest BCUT2D eigenvalue weighted by molar-refractivity contribution is 6.09. The van der Waals surface area contributed by atoms with Crippen LogP contribution in [-0.2, 0) is 0 Å². The minimum absolute atomic E-state index is 0.205. The van der Waals surface area contributed by atoms with E-state index in [1.165, 1.54) is 12.1 Å². The molecule has 3 heterocycles. The van der Waals surface area contributed by atoms with Crippen LogP contribution in [0.2, 0.25) is 0 Å². The zero-order valence-electron chi connectivity index (χ0n) is 16.1. The lowest BCUT2D eigenvalue weighted by atomic mass is 10.1. The predicted molar refractivity (Wildman–Crippen MR) is 110 cm³/mol. The number of aromatic nitrogens is 2. The SMILES string of the molecule is Cc1c(C(=O)N2CCCN(C)c3nc4ccccc4nc32)oc2ccc(F)cc12. The van der Waals surface area contributed by atoms with Crippen molar-refractivity contribution in [1.82, 2.24) is 9.97 Å². The molecule has 2 aromatic heterocycles. The van der Waals surface area contributed by atoms with Gasteiger partial charge in [-0.15, -0.1) is 0 Å². The second-order valence-electron chi connectivity index (χ2n) is 7.29. The maximum Gasteiger partial charge on any atom is 0.295 e. The molecule has 1 aliphatic rings. The monoisotopic (exact) mass is 390 g/mol. The van der Waals surface area contributed by atoms with Crippen molar-refractivity contribution in [2.45, 2.75) is 13.3 Å². The van der Waals surface area contributed by atoms with Crippen LogP contribution in [0.15, 0.2) is 46.9 Å². The van der Waals surface area contributed by atoms with Crippen molar-refractivity contribution in [2.75, 3.05) is 29.9 Å². The molecule has 29 heavy (non-hydrogen) atoms. The summed E-state index contributed by atoms with van der Waals surface area (Å²) in [5.41, 5.74) is 2.62. The van der Waals surface area contributed by atoms with E-state index in [1.807, 2.05) is 36.2 Å². The molecule has 0 atom stereocenters. The molecule has 0 N–H and O–H groups in total. The summed E-state index contributed by atoms with van der Waals surface area (Å²) in [7, 11) is 1.95. The molecule has 2 aromatic carbocycles. The first kappa shape index (κ1) is 17.6. The topological polar surface area (TPSA) is 62.5 Å². The average Bonchev–Trinajstić information content (AvgIpc) is 2.96. The number of aryl methyl sites for hydroxylation is 1. The number of hydrogen-bond acceptors (Lipinski definition) is 5. The molecule has 5 rings (SSSR count). The van der Waals surface area contributed by atoms with E-state index in [0.29, 0.717) is 34.7 Å². The summed E-state index contributed by atoms with van der Waals surface area (Å²) in [5, 5.41) is 0.602. The molecule has 146 valence electrons. The normalized spacial score (nSPS) is 14.3. The molecule has 0 spiro atoms. The third-order valence-electron chi connectivity index (χ3n) is 5.36. The van der Waals surface area contributed by atoms with Gasteiger partial charge in [0.1, 0.15) is 11.4 Å². The van der Waals surface area contributed by atoms with Crippen LogP contribution < -0.4 is 9.80 Å². The summed E-state index contributed by atoms with van der Waals surface area (Å²) < 4.78 is 19.5. The van der Waals surface area contributed by atoms with Crippen molar-refractivity contribution >= 4 is 39.5 Å². The van der Waals surface area contributed by atoms with Gasteiger partial charge in [-0.25, -0.2) is 14.4 Å². The standard InChI is InChI=1S/C22H19FN4O2/c1-13-15-12-14(23)8-9-18(15)29-19(13)22(28)27-11-5-10-26(2)20-21(27)25-17-7-4-3-6-16(17)24-20/h3-4,6-9,12H,5,10-11H2,1-2H3. The molecule has 0 radical (unpaired) electrons. The smallest absolute Gasteiger partial charge is 0.295 e. The van der Waals surface area contributed by atoms with Gasteiger partial charge in [0.05, 0.1) is 11.0 Å². The number of hydrogen-bond donors (Lipinski definition) is 0. The molecule has 4 aromatic rings. The fourth-order valence-corrected chi connectivity index (χ4v) is 3.81. The summed E-state index contributed by atoms with van der Waals surface area (Å²) in [6, 6.07) is 11.9. The van der Waals surface area contributed by atoms with E-state index < -0.39 is 0 Å². The van der Waals surface area contributed by atoms with Gasteiger partial charge in [0.15, 0.2) is 17.4 Å². The number of anilines is 2.